The molecule has 0 nitrogen and oxygen atoms in total. The Morgan fingerprint density at radius 2 is 1.20 bits per heavy atom. The largest absolute Gasteiger partial charge is 0.169 e. The van der Waals surface area contributed by atoms with Crippen LogP contribution >= 0.6 is 11.8 Å². The summed E-state index contributed by atoms with van der Waals surface area (Å²) in [6, 6.07) is 0. The quantitative estimate of drug-likeness (QED) is 0.347. The zero-order valence-corrected chi connectivity index (χ0v) is 5.22. The van der Waals surface area contributed by atoms with Crippen molar-refractivity contribution in [2.75, 3.05) is 12.5 Å². The normalized spacial score (nSPS) is 4.40. The summed E-state index contributed by atoms with van der Waals surface area (Å²) in [6.45, 7) is 0. The Hall–Kier alpha value is 0.480. The van der Waals surface area contributed by atoms with Crippen molar-refractivity contribution in [1.29, 1.82) is 0 Å². The molecule has 0 saturated carbocycles. The third-order valence-corrected chi connectivity index (χ3v) is 0. The van der Waals surface area contributed by atoms with Gasteiger partial charge in [-0.1, -0.05) is 0 Å². The molecule has 0 aromatic heterocycles. The van der Waals surface area contributed by atoms with Gasteiger partial charge in [0, 0.05) is 0 Å². The zero-order valence-electron chi connectivity index (χ0n) is 4.41. The van der Waals surface area contributed by atoms with Crippen molar-refractivity contribution in [2.24, 2.45) is 0 Å². The van der Waals surface area contributed by atoms with E-state index in [1.54, 1.807) is 11.8 Å². The lowest BCUT2D eigenvalue weighted by molar-refractivity contribution is 2.37. The molecule has 0 saturated heterocycles. The van der Waals surface area contributed by atoms with E-state index in [-0.39, 0.29) is 0 Å². The van der Waals surface area contributed by atoms with Crippen LogP contribution in [0.2, 0.25) is 0 Å². The number of hydrogen-bond acceptors (Lipinski definition) is 1. The molecule has 30 valence electrons. The Labute approximate surface area is 40.5 Å². The fraction of sp³-hybridized carbons (Fsp3) is 1.00. The smallest absolute Gasteiger partial charge is 0.0643 e. The Morgan fingerprint density at radius 1 is 1.20 bits per heavy atom. The predicted molar refractivity (Wildman–Crippen MR) is 36.5 cm³/mol. The molecule has 0 N–H and O–H groups in total. The van der Waals surface area contributed by atoms with Gasteiger partial charge in [0.05, 0.1) is 15.5 Å². The maximum absolute atomic E-state index is 2.04. The molecule has 0 aliphatic carbocycles. The van der Waals surface area contributed by atoms with Gasteiger partial charge < -0.3 is 0 Å². The molecule has 0 atom stereocenters. The van der Waals surface area contributed by atoms with Crippen molar-refractivity contribution in [3.8, 4) is 0 Å². The van der Waals surface area contributed by atoms with Gasteiger partial charge in [0.1, 0.15) is 0 Å². The van der Waals surface area contributed by atoms with Crippen LogP contribution in [0.5, 0.6) is 0 Å². The highest BCUT2D eigenvalue weighted by atomic mass is 32.2. The van der Waals surface area contributed by atoms with Gasteiger partial charge in [-0.3, -0.25) is 0 Å². The van der Waals surface area contributed by atoms with Gasteiger partial charge in [-0.15, -0.1) is 0 Å². The van der Waals surface area contributed by atoms with Gasteiger partial charge in [0.15, 0.2) is 0 Å². The van der Waals surface area contributed by atoms with Crippen molar-refractivity contribution in [2.45, 2.75) is 0 Å². The minimum Gasteiger partial charge on any atom is -0.169 e. The summed E-state index contributed by atoms with van der Waals surface area (Å²) in [6.07, 6.45) is 4.08. The molecule has 0 amide bonds. The lowest BCUT2D eigenvalue weighted by Gasteiger charge is -1.51. The van der Waals surface area contributed by atoms with Crippen molar-refractivity contribution in [3.63, 3.8) is 0 Å². The highest BCUT2D eigenvalue weighted by molar-refractivity contribution is 7.97. The summed E-state index contributed by atoms with van der Waals surface area (Å²) in [7, 11) is 4.00. The van der Waals surface area contributed by atoms with Gasteiger partial charge in [-0.05, 0) is 12.5 Å². The van der Waals surface area contributed by atoms with Gasteiger partial charge in [0.25, 0.3) is 0 Å². The van der Waals surface area contributed by atoms with Crippen LogP contribution in [0.1, 0.15) is 0 Å². The number of thioether (sulfide) groups is 1. The molecule has 0 heterocycles. The third-order valence-electron chi connectivity index (χ3n) is 0. The molecule has 0 radical (unpaired) electrons. The van der Waals surface area contributed by atoms with Gasteiger partial charge in [-0.25, -0.2) is 0 Å². The van der Waals surface area contributed by atoms with Gasteiger partial charge >= 0.3 is 0 Å². The highest BCUT2D eigenvalue weighted by Gasteiger charge is 1.32. The summed E-state index contributed by atoms with van der Waals surface area (Å²) in [5, 5.41) is 0. The van der Waals surface area contributed by atoms with E-state index >= 15 is 0 Å². The second-order valence-electron chi connectivity index (χ2n) is 0.408. The van der Waals surface area contributed by atoms with Crippen molar-refractivity contribution >= 4 is 27.2 Å². The Balaban J connectivity index is 0. The molecule has 0 aromatic carbocycles. The first kappa shape index (κ1) is 9.08. The van der Waals surface area contributed by atoms with E-state index in [9.17, 15) is 0 Å². The summed E-state index contributed by atoms with van der Waals surface area (Å²) in [5.74, 6) is 0. The molecule has 0 aromatic rings. The topological polar surface area (TPSA) is 0 Å². The molecule has 0 rings (SSSR count). The fourth-order valence-corrected chi connectivity index (χ4v) is 0. The minimum atomic E-state index is 1.75. The van der Waals surface area contributed by atoms with E-state index in [4.69, 9.17) is 0 Å². The predicted octanol–water partition coefficient (Wildman–Crippen LogP) is -0.853. The summed E-state index contributed by atoms with van der Waals surface area (Å²) in [5.41, 5.74) is 0. The minimum absolute atomic E-state index is 1.75. The fourth-order valence-electron chi connectivity index (χ4n) is 0. The molecular weight excluding hydrogens is 77.7 g/mol. The SMILES string of the molecule is BB.CSC. The second-order valence-corrected chi connectivity index (χ2v) is 1.22. The third kappa shape index (κ3) is 120. The Morgan fingerprint density at radius 3 is 1.20 bits per heavy atom. The molecule has 3 heteroatoms. The van der Waals surface area contributed by atoms with E-state index in [2.05, 4.69) is 0 Å². The number of rotatable bonds is 0. The Kier molecular flexibility index (Phi) is 45.0. The molecule has 0 aliphatic rings. The molecule has 5 heavy (non-hydrogen) atoms. The maximum Gasteiger partial charge on any atom is 0.0643 e. The van der Waals surface area contributed by atoms with Crippen molar-refractivity contribution < 1.29 is 0 Å². The van der Waals surface area contributed by atoms with E-state index in [1.165, 1.54) is 0 Å². The van der Waals surface area contributed by atoms with Crippen LogP contribution < -0.4 is 0 Å². The number of hydrogen-bond donors (Lipinski definition) is 0. The molecule has 0 bridgehead atoms. The van der Waals surface area contributed by atoms with Crippen molar-refractivity contribution in [1.82, 2.24) is 0 Å². The first-order chi connectivity index (χ1) is 2.41. The first-order valence-electron chi connectivity index (χ1n) is 1.82. The molecule has 0 aliphatic heterocycles. The van der Waals surface area contributed by atoms with Crippen LogP contribution in [-0.4, -0.2) is 28.0 Å². The molecule has 0 spiro atoms. The standard InChI is InChI=1S/C2H6S.B2H4/c1-3-2;1-2/h1-2H3;1-2H2. The lowest BCUT2D eigenvalue weighted by atomic mass is 9.81. The van der Waals surface area contributed by atoms with Gasteiger partial charge in [-0.2, -0.15) is 11.8 Å². The van der Waals surface area contributed by atoms with E-state index in [1.807, 2.05) is 28.0 Å². The summed E-state index contributed by atoms with van der Waals surface area (Å²) >= 11 is 1.75. The maximum atomic E-state index is 2.04. The molecule has 0 unspecified atom stereocenters. The molecule has 0 fully saturated rings. The summed E-state index contributed by atoms with van der Waals surface area (Å²) in [4.78, 5) is 0. The van der Waals surface area contributed by atoms with Crippen molar-refractivity contribution in [3.05, 3.63) is 0 Å². The molecular formula is C2H10B2S. The average molecular weight is 87.8 g/mol. The highest BCUT2D eigenvalue weighted by Crippen LogP contribution is 1.70. The van der Waals surface area contributed by atoms with Crippen LogP contribution in [0.15, 0.2) is 0 Å². The zero-order chi connectivity index (χ0) is 4.71. The van der Waals surface area contributed by atoms with Crippen LogP contribution in [0.3, 0.4) is 0 Å². The van der Waals surface area contributed by atoms with E-state index in [0.29, 0.717) is 0 Å². The van der Waals surface area contributed by atoms with Gasteiger partial charge in [0.2, 0.25) is 0 Å². The average Bonchev–Trinajstić information content (AvgIpc) is 1.46. The van der Waals surface area contributed by atoms with Crippen LogP contribution in [0, 0.1) is 0 Å². The first-order valence-corrected chi connectivity index (χ1v) is 3.45. The monoisotopic (exact) mass is 88.1 g/mol. The van der Waals surface area contributed by atoms with Crippen LogP contribution in [0.25, 0.3) is 0 Å². The second kappa shape index (κ2) is 24.8. The van der Waals surface area contributed by atoms with E-state index in [0.717, 1.165) is 0 Å². The van der Waals surface area contributed by atoms with Crippen LogP contribution in [-0.2, 0) is 0 Å². The van der Waals surface area contributed by atoms with E-state index < -0.39 is 0 Å². The van der Waals surface area contributed by atoms with Crippen LogP contribution in [0.4, 0.5) is 0 Å². The summed E-state index contributed by atoms with van der Waals surface area (Å²) < 4.78 is 0. The lowest BCUT2D eigenvalue weighted by Crippen LogP contribution is -1.38. The Bertz CT molecular complexity index is 7.61.